The van der Waals surface area contributed by atoms with E-state index in [9.17, 15) is 23.2 Å². The van der Waals surface area contributed by atoms with E-state index in [0.29, 0.717) is 29.8 Å². The van der Waals surface area contributed by atoms with Crippen LogP contribution in [0.1, 0.15) is 47.2 Å². The Kier molecular flexibility index (Phi) is 8.16. The molecule has 0 radical (unpaired) electrons. The highest BCUT2D eigenvalue weighted by Crippen LogP contribution is 2.45. The van der Waals surface area contributed by atoms with Gasteiger partial charge in [-0.2, -0.15) is 5.26 Å². The van der Waals surface area contributed by atoms with Gasteiger partial charge in [-0.15, -0.1) is 11.8 Å². The minimum absolute atomic E-state index is 0.109. The quantitative estimate of drug-likeness (QED) is 0.536. The third-order valence-corrected chi connectivity index (χ3v) is 7.86. The van der Waals surface area contributed by atoms with Crippen LogP contribution in [0.3, 0.4) is 0 Å². The van der Waals surface area contributed by atoms with Crippen LogP contribution >= 0.6 is 11.8 Å². The first kappa shape index (κ1) is 26.0. The molecular formula is C25H26F3N5O2S. The number of benzene rings is 1. The highest BCUT2D eigenvalue weighted by Gasteiger charge is 2.56. The molecule has 1 fully saturated rings. The number of nitrogens with two attached hydrogens (primary N) is 1. The molecule has 2 aliphatic heterocycles. The van der Waals surface area contributed by atoms with Gasteiger partial charge in [-0.1, -0.05) is 18.6 Å². The average Bonchev–Trinajstić information content (AvgIpc) is 3.31. The van der Waals surface area contributed by atoms with Gasteiger partial charge >= 0.3 is 0 Å². The van der Waals surface area contributed by atoms with Gasteiger partial charge in [-0.3, -0.25) is 19.7 Å². The number of carbonyl (C=O) groups excluding carboxylic acids is 1. The van der Waals surface area contributed by atoms with Crippen molar-refractivity contribution in [2.75, 3.05) is 13.2 Å². The van der Waals surface area contributed by atoms with Gasteiger partial charge in [0.25, 0.3) is 12.3 Å². The monoisotopic (exact) mass is 517 g/mol. The van der Waals surface area contributed by atoms with E-state index >= 15 is 0 Å². The van der Waals surface area contributed by atoms with E-state index in [0.717, 1.165) is 18.9 Å². The Morgan fingerprint density at radius 3 is 2.94 bits per heavy atom. The number of likely N-dealkylation sites (tertiary alicyclic amines) is 1. The van der Waals surface area contributed by atoms with Gasteiger partial charge in [0.2, 0.25) is 0 Å². The lowest BCUT2D eigenvalue weighted by molar-refractivity contribution is -0.0881. The number of amides is 1. The maximum absolute atomic E-state index is 14.9. The number of thioether (sulfide) groups is 1. The van der Waals surface area contributed by atoms with Crippen LogP contribution < -0.4 is 10.5 Å². The van der Waals surface area contributed by atoms with Crippen molar-refractivity contribution in [2.45, 2.75) is 55.5 Å². The summed E-state index contributed by atoms with van der Waals surface area (Å²) in [5, 5.41) is 8.68. The molecule has 36 heavy (non-hydrogen) atoms. The number of hydrogen-bond acceptors (Lipinski definition) is 7. The lowest BCUT2D eigenvalue weighted by Gasteiger charge is -2.48. The minimum Gasteiger partial charge on any atom is -0.489 e. The molecule has 2 N–H and O–H groups in total. The first-order chi connectivity index (χ1) is 17.4. The highest BCUT2D eigenvalue weighted by molar-refractivity contribution is 8.13. The molecule has 3 heterocycles. The average molecular weight is 518 g/mol. The predicted molar refractivity (Wildman–Crippen MR) is 131 cm³/mol. The SMILES string of the molecule is N#Cc1ccncc1OCC1CCCCN1C1(C(F)F)N=CSC1CCc1cccc(F)c1C(N)=O. The molecule has 0 spiro atoms. The fourth-order valence-corrected chi connectivity index (χ4v) is 6.12. The summed E-state index contributed by atoms with van der Waals surface area (Å²) in [5.41, 5.74) is 5.53. The maximum Gasteiger partial charge on any atom is 0.277 e. The molecule has 0 bridgehead atoms. The molecule has 1 aromatic carbocycles. The number of pyridine rings is 1. The summed E-state index contributed by atoms with van der Waals surface area (Å²) in [6.45, 7) is 0.523. The molecule has 7 nitrogen and oxygen atoms in total. The maximum atomic E-state index is 14.9. The second-order valence-electron chi connectivity index (χ2n) is 8.76. The van der Waals surface area contributed by atoms with Gasteiger partial charge in [0.15, 0.2) is 11.4 Å². The Labute approximate surface area is 211 Å². The molecule has 2 aliphatic rings. The zero-order valence-corrected chi connectivity index (χ0v) is 20.3. The minimum atomic E-state index is -2.79. The number of hydrogen-bond donors (Lipinski definition) is 1. The Morgan fingerprint density at radius 1 is 1.36 bits per heavy atom. The molecule has 2 aromatic rings. The van der Waals surface area contributed by atoms with E-state index in [2.05, 4.69) is 9.98 Å². The molecule has 0 saturated carbocycles. The second kappa shape index (κ2) is 11.3. The molecule has 3 atom stereocenters. The van der Waals surface area contributed by atoms with Crippen molar-refractivity contribution in [2.24, 2.45) is 10.7 Å². The van der Waals surface area contributed by atoms with E-state index in [1.165, 1.54) is 41.8 Å². The van der Waals surface area contributed by atoms with E-state index in [4.69, 9.17) is 10.5 Å². The first-order valence-corrected chi connectivity index (χ1v) is 12.6. The van der Waals surface area contributed by atoms with Crippen molar-refractivity contribution >= 4 is 23.2 Å². The molecule has 1 aromatic heterocycles. The van der Waals surface area contributed by atoms with Gasteiger partial charge in [0.05, 0.1) is 28.1 Å². The van der Waals surface area contributed by atoms with Crippen LogP contribution in [0, 0.1) is 17.1 Å². The Bertz CT molecular complexity index is 1170. The number of primary amides is 1. The van der Waals surface area contributed by atoms with Crippen molar-refractivity contribution in [1.82, 2.24) is 9.88 Å². The third kappa shape index (κ3) is 5.06. The number of nitrogens with zero attached hydrogens (tertiary/aromatic N) is 4. The second-order valence-corrected chi connectivity index (χ2v) is 9.81. The number of alkyl halides is 2. The molecule has 3 unspecified atom stereocenters. The van der Waals surface area contributed by atoms with Crippen molar-refractivity contribution in [3.8, 4) is 11.8 Å². The number of carbonyl (C=O) groups is 1. The largest absolute Gasteiger partial charge is 0.489 e. The van der Waals surface area contributed by atoms with E-state index < -0.39 is 29.1 Å². The number of aryl methyl sites for hydroxylation is 1. The number of aromatic nitrogens is 1. The Hall–Kier alpha value is -3.10. The van der Waals surface area contributed by atoms with E-state index in [1.807, 2.05) is 6.07 Å². The molecule has 1 saturated heterocycles. The van der Waals surface area contributed by atoms with Gasteiger partial charge in [0.1, 0.15) is 18.5 Å². The highest BCUT2D eigenvalue weighted by atomic mass is 32.2. The fraction of sp³-hybridized carbons (Fsp3) is 0.440. The Morgan fingerprint density at radius 2 is 2.19 bits per heavy atom. The number of halogens is 3. The van der Waals surface area contributed by atoms with Gasteiger partial charge < -0.3 is 10.5 Å². The zero-order chi connectivity index (χ0) is 25.7. The standard InChI is InChI=1S/C25H26F3N5O2S/c26-19-6-3-4-16(22(19)23(30)34)7-8-21-25(24(27)28,32-15-36-21)33-11-2-1-5-18(33)14-35-20-13-31-10-9-17(20)12-29/h3-4,6,9-10,13,15,18,21,24H,1-2,5,7-8,11,14H2,(H2,30,34). The summed E-state index contributed by atoms with van der Waals surface area (Å²) in [6, 6.07) is 7.44. The summed E-state index contributed by atoms with van der Waals surface area (Å²) in [5.74, 6) is -1.31. The molecule has 190 valence electrons. The summed E-state index contributed by atoms with van der Waals surface area (Å²) in [6.07, 6.45) is 2.81. The smallest absolute Gasteiger partial charge is 0.277 e. The number of rotatable bonds is 9. The van der Waals surface area contributed by atoms with Crippen molar-refractivity contribution < 1.29 is 22.7 Å². The van der Waals surface area contributed by atoms with E-state index in [-0.39, 0.29) is 31.1 Å². The van der Waals surface area contributed by atoms with Gasteiger partial charge in [-0.05, 0) is 43.4 Å². The van der Waals surface area contributed by atoms with Crippen LogP contribution in [-0.2, 0) is 6.42 Å². The lowest BCUT2D eigenvalue weighted by atomic mass is 9.91. The number of aliphatic imine (C=N–C) groups is 1. The normalized spacial score (nSPS) is 24.1. The summed E-state index contributed by atoms with van der Waals surface area (Å²) >= 11 is 1.21. The van der Waals surface area contributed by atoms with Crippen LogP contribution in [0.4, 0.5) is 13.2 Å². The zero-order valence-electron chi connectivity index (χ0n) is 19.4. The molecular weight excluding hydrogens is 491 g/mol. The topological polar surface area (TPSA) is 105 Å². The van der Waals surface area contributed by atoms with Gasteiger partial charge in [-0.25, -0.2) is 13.2 Å². The predicted octanol–water partition coefficient (Wildman–Crippen LogP) is 4.16. The lowest BCUT2D eigenvalue weighted by Crippen LogP contribution is -2.63. The molecule has 1 amide bonds. The molecule has 4 rings (SSSR count). The van der Waals surface area contributed by atoms with Crippen molar-refractivity contribution in [3.63, 3.8) is 0 Å². The first-order valence-electron chi connectivity index (χ1n) is 11.7. The van der Waals surface area contributed by atoms with Crippen LogP contribution in [0.5, 0.6) is 5.75 Å². The van der Waals surface area contributed by atoms with Crippen LogP contribution in [0.25, 0.3) is 0 Å². The van der Waals surface area contributed by atoms with Crippen LogP contribution in [0.15, 0.2) is 41.7 Å². The third-order valence-electron chi connectivity index (χ3n) is 6.73. The van der Waals surface area contributed by atoms with Crippen LogP contribution in [0.2, 0.25) is 0 Å². The number of piperidine rings is 1. The fourth-order valence-electron chi connectivity index (χ4n) is 4.99. The molecule has 0 aliphatic carbocycles. The molecule has 11 heteroatoms. The van der Waals surface area contributed by atoms with Crippen molar-refractivity contribution in [3.05, 3.63) is 59.2 Å². The van der Waals surface area contributed by atoms with Crippen LogP contribution in [-0.4, -0.2) is 57.9 Å². The van der Waals surface area contributed by atoms with Crippen molar-refractivity contribution in [1.29, 1.82) is 5.26 Å². The van der Waals surface area contributed by atoms with E-state index in [1.54, 1.807) is 11.0 Å². The summed E-state index contributed by atoms with van der Waals surface area (Å²) in [4.78, 5) is 21.8. The van der Waals surface area contributed by atoms with Gasteiger partial charge in [0, 0.05) is 18.8 Å². The number of ether oxygens (including phenoxy) is 1. The Balaban J connectivity index is 1.56. The summed E-state index contributed by atoms with van der Waals surface area (Å²) in [7, 11) is 0. The number of nitriles is 1. The summed E-state index contributed by atoms with van der Waals surface area (Å²) < 4.78 is 49.9.